The quantitative estimate of drug-likeness (QED) is 0.630. The van der Waals surface area contributed by atoms with Gasteiger partial charge in [0.15, 0.2) is 5.13 Å². The Labute approximate surface area is 158 Å². The van der Waals surface area contributed by atoms with Crippen LogP contribution in [-0.4, -0.2) is 10.9 Å². The fraction of sp³-hybridized carbons (Fsp3) is 0.273. The van der Waals surface area contributed by atoms with E-state index >= 15 is 0 Å². The Bertz CT molecular complexity index is 854. The van der Waals surface area contributed by atoms with E-state index in [0.29, 0.717) is 11.0 Å². The molecule has 4 rings (SSSR count). The number of aromatic nitrogens is 1. The third kappa shape index (κ3) is 3.70. The van der Waals surface area contributed by atoms with Gasteiger partial charge in [0.25, 0.3) is 0 Å². The average Bonchev–Trinajstić information content (AvgIpc) is 3.36. The number of benzene rings is 2. The Morgan fingerprint density at radius 1 is 1.00 bits per heavy atom. The van der Waals surface area contributed by atoms with Gasteiger partial charge in [-0.1, -0.05) is 73.5 Å². The van der Waals surface area contributed by atoms with Crippen molar-refractivity contribution in [2.24, 2.45) is 5.92 Å². The molecular formula is C22H22N2OS. The number of carbonyl (C=O) groups is 1. The van der Waals surface area contributed by atoms with Gasteiger partial charge in [0, 0.05) is 10.9 Å². The van der Waals surface area contributed by atoms with Crippen molar-refractivity contribution in [2.45, 2.75) is 31.6 Å². The van der Waals surface area contributed by atoms with E-state index in [1.54, 1.807) is 0 Å². The van der Waals surface area contributed by atoms with Gasteiger partial charge >= 0.3 is 0 Å². The molecule has 26 heavy (non-hydrogen) atoms. The van der Waals surface area contributed by atoms with Crippen molar-refractivity contribution in [3.8, 4) is 11.3 Å². The van der Waals surface area contributed by atoms with Crippen molar-refractivity contribution in [1.82, 2.24) is 4.98 Å². The highest BCUT2D eigenvalue weighted by molar-refractivity contribution is 7.14. The number of anilines is 1. The minimum Gasteiger partial charge on any atom is -0.301 e. The van der Waals surface area contributed by atoms with Crippen molar-refractivity contribution < 1.29 is 4.79 Å². The summed E-state index contributed by atoms with van der Waals surface area (Å²) in [6, 6.07) is 20.2. The highest BCUT2D eigenvalue weighted by Crippen LogP contribution is 2.38. The fourth-order valence-electron chi connectivity index (χ4n) is 3.84. The fourth-order valence-corrected chi connectivity index (χ4v) is 4.57. The summed E-state index contributed by atoms with van der Waals surface area (Å²) in [4.78, 5) is 17.7. The third-order valence-electron chi connectivity index (χ3n) is 5.12. The summed E-state index contributed by atoms with van der Waals surface area (Å²) in [5, 5.41) is 5.75. The van der Waals surface area contributed by atoms with E-state index in [2.05, 4.69) is 22.4 Å². The first kappa shape index (κ1) is 17.0. The maximum absolute atomic E-state index is 13.1. The van der Waals surface area contributed by atoms with Gasteiger partial charge in [-0.15, -0.1) is 11.3 Å². The lowest BCUT2D eigenvalue weighted by Gasteiger charge is -2.22. The molecule has 1 heterocycles. The molecule has 1 aliphatic rings. The number of rotatable bonds is 5. The van der Waals surface area contributed by atoms with Crippen LogP contribution in [0.5, 0.6) is 0 Å². The van der Waals surface area contributed by atoms with Crippen LogP contribution in [0.1, 0.15) is 37.2 Å². The Hall–Kier alpha value is -2.46. The Morgan fingerprint density at radius 2 is 1.65 bits per heavy atom. The zero-order chi connectivity index (χ0) is 17.8. The molecule has 1 unspecified atom stereocenters. The lowest BCUT2D eigenvalue weighted by molar-refractivity contribution is -0.118. The molecule has 1 aliphatic carbocycles. The molecule has 0 radical (unpaired) electrons. The molecule has 2 aromatic carbocycles. The zero-order valence-corrected chi connectivity index (χ0v) is 15.4. The van der Waals surface area contributed by atoms with Gasteiger partial charge in [-0.3, -0.25) is 4.79 Å². The van der Waals surface area contributed by atoms with Crippen LogP contribution in [0.2, 0.25) is 0 Å². The van der Waals surface area contributed by atoms with Gasteiger partial charge in [-0.25, -0.2) is 4.98 Å². The van der Waals surface area contributed by atoms with Crippen molar-refractivity contribution in [1.29, 1.82) is 0 Å². The zero-order valence-electron chi connectivity index (χ0n) is 14.6. The van der Waals surface area contributed by atoms with Crippen molar-refractivity contribution in [3.05, 3.63) is 71.6 Å². The SMILES string of the molecule is O=C(Nc1nc(-c2ccccc2)cs1)C(c1ccccc1)C1CCCC1. The van der Waals surface area contributed by atoms with Gasteiger partial charge in [0.2, 0.25) is 5.91 Å². The summed E-state index contributed by atoms with van der Waals surface area (Å²) >= 11 is 1.48. The number of amides is 1. The molecule has 1 atom stereocenters. The van der Waals surface area contributed by atoms with Gasteiger partial charge < -0.3 is 5.32 Å². The molecule has 1 amide bonds. The molecule has 132 valence electrons. The van der Waals surface area contributed by atoms with Gasteiger partial charge in [-0.2, -0.15) is 0 Å². The Kier molecular flexibility index (Phi) is 5.12. The number of nitrogens with zero attached hydrogens (tertiary/aromatic N) is 1. The minimum absolute atomic E-state index is 0.0667. The molecule has 0 aliphatic heterocycles. The van der Waals surface area contributed by atoms with Gasteiger partial charge in [0.05, 0.1) is 11.6 Å². The molecule has 0 spiro atoms. The number of hydrogen-bond acceptors (Lipinski definition) is 3. The van der Waals surface area contributed by atoms with E-state index in [0.717, 1.165) is 29.7 Å². The number of carbonyl (C=O) groups excluding carboxylic acids is 1. The molecular weight excluding hydrogens is 340 g/mol. The third-order valence-corrected chi connectivity index (χ3v) is 5.87. The first-order chi connectivity index (χ1) is 12.8. The van der Waals surface area contributed by atoms with E-state index in [1.165, 1.54) is 24.2 Å². The predicted octanol–water partition coefficient (Wildman–Crippen LogP) is 5.72. The predicted molar refractivity (Wildman–Crippen MR) is 107 cm³/mol. The summed E-state index contributed by atoms with van der Waals surface area (Å²) < 4.78 is 0. The summed E-state index contributed by atoms with van der Waals surface area (Å²) in [7, 11) is 0. The summed E-state index contributed by atoms with van der Waals surface area (Å²) in [6.07, 6.45) is 4.69. The summed E-state index contributed by atoms with van der Waals surface area (Å²) in [5.74, 6) is 0.394. The summed E-state index contributed by atoms with van der Waals surface area (Å²) in [6.45, 7) is 0. The lowest BCUT2D eigenvalue weighted by atomic mass is 9.84. The molecule has 3 nitrogen and oxygen atoms in total. The monoisotopic (exact) mass is 362 g/mol. The normalized spacial score (nSPS) is 15.7. The van der Waals surface area contributed by atoms with Crippen molar-refractivity contribution in [2.75, 3.05) is 5.32 Å². The minimum atomic E-state index is -0.0947. The first-order valence-corrected chi connectivity index (χ1v) is 10.1. The maximum atomic E-state index is 13.1. The van der Waals surface area contributed by atoms with Crippen LogP contribution < -0.4 is 5.32 Å². The molecule has 1 fully saturated rings. The molecule has 0 bridgehead atoms. The first-order valence-electron chi connectivity index (χ1n) is 9.18. The Balaban J connectivity index is 1.54. The van der Waals surface area contributed by atoms with Crippen LogP contribution in [0.25, 0.3) is 11.3 Å². The van der Waals surface area contributed by atoms with Gasteiger partial charge in [0.1, 0.15) is 0 Å². The molecule has 0 saturated heterocycles. The average molecular weight is 362 g/mol. The van der Waals surface area contributed by atoms with E-state index in [4.69, 9.17) is 0 Å². The highest BCUT2D eigenvalue weighted by atomic mass is 32.1. The van der Waals surface area contributed by atoms with Gasteiger partial charge in [-0.05, 0) is 24.3 Å². The second-order valence-corrected chi connectivity index (χ2v) is 7.68. The van der Waals surface area contributed by atoms with Crippen LogP contribution in [0.3, 0.4) is 0 Å². The summed E-state index contributed by atoms with van der Waals surface area (Å²) in [5.41, 5.74) is 3.08. The molecule has 1 saturated carbocycles. The van der Waals surface area contributed by atoms with Crippen molar-refractivity contribution >= 4 is 22.4 Å². The number of thiazole rings is 1. The van der Waals surface area contributed by atoms with Crippen LogP contribution >= 0.6 is 11.3 Å². The smallest absolute Gasteiger partial charge is 0.233 e. The van der Waals surface area contributed by atoms with Crippen molar-refractivity contribution in [3.63, 3.8) is 0 Å². The lowest BCUT2D eigenvalue weighted by Crippen LogP contribution is -2.26. The molecule has 1 N–H and O–H groups in total. The van der Waals surface area contributed by atoms with Crippen LogP contribution in [0.15, 0.2) is 66.0 Å². The van der Waals surface area contributed by atoms with E-state index in [1.807, 2.05) is 53.9 Å². The highest BCUT2D eigenvalue weighted by Gasteiger charge is 2.32. The van der Waals surface area contributed by atoms with E-state index < -0.39 is 0 Å². The second kappa shape index (κ2) is 7.83. The standard InChI is InChI=1S/C22H22N2OS/c25-21(20(18-13-7-8-14-18)17-11-5-2-6-12-17)24-22-23-19(15-26-22)16-9-3-1-4-10-16/h1-6,9-12,15,18,20H,7-8,13-14H2,(H,23,24,25). The molecule has 1 aromatic heterocycles. The number of hydrogen-bond donors (Lipinski definition) is 1. The second-order valence-electron chi connectivity index (χ2n) is 6.83. The maximum Gasteiger partial charge on any atom is 0.233 e. The molecule has 4 heteroatoms. The molecule has 3 aromatic rings. The van der Waals surface area contributed by atoms with E-state index in [9.17, 15) is 4.79 Å². The van der Waals surface area contributed by atoms with E-state index in [-0.39, 0.29) is 11.8 Å². The topological polar surface area (TPSA) is 42.0 Å². The largest absolute Gasteiger partial charge is 0.301 e. The Morgan fingerprint density at radius 3 is 2.35 bits per heavy atom. The van der Waals surface area contributed by atoms with Crippen LogP contribution in [0.4, 0.5) is 5.13 Å². The van der Waals surface area contributed by atoms with Crippen LogP contribution in [0, 0.1) is 5.92 Å². The van der Waals surface area contributed by atoms with Crippen LogP contribution in [-0.2, 0) is 4.79 Å². The number of nitrogens with one attached hydrogen (secondary N) is 1.